The van der Waals surface area contributed by atoms with E-state index in [-0.39, 0.29) is 5.75 Å². The van der Waals surface area contributed by atoms with Gasteiger partial charge in [0.2, 0.25) is 0 Å². The fraction of sp³-hybridized carbons (Fsp3) is 0.0500. The molecule has 0 spiro atoms. The van der Waals surface area contributed by atoms with Crippen molar-refractivity contribution in [3.63, 3.8) is 0 Å². The molecule has 0 amide bonds. The first-order valence-corrected chi connectivity index (χ1v) is 8.22. The lowest BCUT2D eigenvalue weighted by Crippen LogP contribution is -2.02. The third-order valence-electron chi connectivity index (χ3n) is 4.10. The van der Waals surface area contributed by atoms with E-state index in [1.54, 1.807) is 55.0 Å². The number of esters is 1. The van der Waals surface area contributed by atoms with Crippen molar-refractivity contribution in [1.29, 1.82) is 0 Å². The van der Waals surface area contributed by atoms with Gasteiger partial charge in [0.15, 0.2) is 5.65 Å². The minimum Gasteiger partial charge on any atom is -0.508 e. The van der Waals surface area contributed by atoms with Gasteiger partial charge in [-0.1, -0.05) is 18.2 Å². The molecule has 134 valence electrons. The molecule has 27 heavy (non-hydrogen) atoms. The number of hydrogen-bond acceptors (Lipinski definition) is 6. The summed E-state index contributed by atoms with van der Waals surface area (Å²) in [5.74, 6) is 0.440. The number of hydrogen-bond donors (Lipinski definition) is 2. The Bertz CT molecular complexity index is 1140. The Balaban J connectivity index is 1.83. The fourth-order valence-electron chi connectivity index (χ4n) is 2.86. The maximum Gasteiger partial charge on any atom is 0.337 e. The standard InChI is InChI=1S/C20H16N4O3/c1-27-20(26)14-5-2-6-15(10-14)22-19-18(13-4-3-7-16(25)11-13)23-17-12-21-8-9-24(17)19/h2-12,22,25H,1H3. The third-order valence-corrected chi connectivity index (χ3v) is 4.10. The number of anilines is 2. The van der Waals surface area contributed by atoms with Gasteiger partial charge in [0.1, 0.15) is 17.3 Å². The number of nitrogens with one attached hydrogen (secondary N) is 1. The molecule has 0 radical (unpaired) electrons. The van der Waals surface area contributed by atoms with Crippen molar-refractivity contribution in [2.24, 2.45) is 0 Å². The van der Waals surface area contributed by atoms with Crippen LogP contribution in [0.4, 0.5) is 11.5 Å². The second-order valence-electron chi connectivity index (χ2n) is 5.86. The molecule has 2 heterocycles. The third kappa shape index (κ3) is 3.18. The molecule has 0 fully saturated rings. The van der Waals surface area contributed by atoms with Crippen LogP contribution in [0, 0.1) is 0 Å². The van der Waals surface area contributed by atoms with Crippen LogP contribution >= 0.6 is 0 Å². The highest BCUT2D eigenvalue weighted by Crippen LogP contribution is 2.32. The Morgan fingerprint density at radius 2 is 2.04 bits per heavy atom. The first-order valence-electron chi connectivity index (χ1n) is 8.22. The summed E-state index contributed by atoms with van der Waals surface area (Å²) in [6.07, 6.45) is 5.11. The number of carbonyl (C=O) groups excluding carboxylic acids is 1. The predicted octanol–water partition coefficient (Wildman–Crippen LogP) is 3.63. The predicted molar refractivity (Wildman–Crippen MR) is 101 cm³/mol. The van der Waals surface area contributed by atoms with E-state index in [0.29, 0.717) is 28.4 Å². The summed E-state index contributed by atoms with van der Waals surface area (Å²) in [6, 6.07) is 13.9. The highest BCUT2D eigenvalue weighted by molar-refractivity contribution is 5.91. The van der Waals surface area contributed by atoms with E-state index in [0.717, 1.165) is 5.56 Å². The van der Waals surface area contributed by atoms with Crippen LogP contribution in [0.2, 0.25) is 0 Å². The Labute approximate surface area is 154 Å². The molecule has 2 N–H and O–H groups in total. The van der Waals surface area contributed by atoms with Gasteiger partial charge in [0, 0.05) is 23.6 Å². The molecule has 0 saturated carbocycles. The van der Waals surface area contributed by atoms with Crippen molar-refractivity contribution in [3.8, 4) is 17.0 Å². The summed E-state index contributed by atoms with van der Waals surface area (Å²) in [5.41, 5.74) is 3.21. The summed E-state index contributed by atoms with van der Waals surface area (Å²) >= 11 is 0. The zero-order valence-corrected chi connectivity index (χ0v) is 14.5. The maximum atomic E-state index is 11.8. The van der Waals surface area contributed by atoms with Crippen LogP contribution in [0.1, 0.15) is 10.4 Å². The number of benzene rings is 2. The van der Waals surface area contributed by atoms with Gasteiger partial charge in [-0.25, -0.2) is 9.78 Å². The molecule has 0 saturated heterocycles. The van der Waals surface area contributed by atoms with E-state index in [1.807, 2.05) is 16.5 Å². The molecule has 0 atom stereocenters. The minimum atomic E-state index is -0.408. The highest BCUT2D eigenvalue weighted by Gasteiger charge is 2.15. The van der Waals surface area contributed by atoms with Crippen LogP contribution < -0.4 is 5.32 Å². The number of carbonyl (C=O) groups is 1. The number of aromatic nitrogens is 3. The number of phenols is 1. The van der Waals surface area contributed by atoms with Crippen LogP contribution in [0.15, 0.2) is 67.1 Å². The SMILES string of the molecule is COC(=O)c1cccc(Nc2c(-c3cccc(O)c3)nc3cnccn23)c1. The Morgan fingerprint density at radius 1 is 1.19 bits per heavy atom. The van der Waals surface area contributed by atoms with Gasteiger partial charge in [-0.2, -0.15) is 0 Å². The quantitative estimate of drug-likeness (QED) is 0.540. The van der Waals surface area contributed by atoms with E-state index >= 15 is 0 Å². The summed E-state index contributed by atoms with van der Waals surface area (Å²) in [5, 5.41) is 13.2. The van der Waals surface area contributed by atoms with E-state index in [9.17, 15) is 9.90 Å². The van der Waals surface area contributed by atoms with Crippen LogP contribution in [-0.4, -0.2) is 32.6 Å². The topological polar surface area (TPSA) is 88.8 Å². The Kier molecular flexibility index (Phi) is 4.18. The van der Waals surface area contributed by atoms with Crippen LogP contribution in [0.25, 0.3) is 16.9 Å². The maximum absolute atomic E-state index is 11.8. The van der Waals surface area contributed by atoms with Crippen molar-refractivity contribution in [2.45, 2.75) is 0 Å². The molecule has 2 aromatic heterocycles. The van der Waals surface area contributed by atoms with Gasteiger partial charge < -0.3 is 15.2 Å². The van der Waals surface area contributed by atoms with Gasteiger partial charge in [-0.05, 0) is 30.3 Å². The molecule has 0 unspecified atom stereocenters. The van der Waals surface area contributed by atoms with Crippen LogP contribution in [0.5, 0.6) is 5.75 Å². The van der Waals surface area contributed by atoms with Gasteiger partial charge in [0.05, 0.1) is 18.9 Å². The lowest BCUT2D eigenvalue weighted by molar-refractivity contribution is 0.0601. The highest BCUT2D eigenvalue weighted by atomic mass is 16.5. The molecule has 0 aliphatic carbocycles. The van der Waals surface area contributed by atoms with E-state index in [4.69, 9.17) is 4.74 Å². The van der Waals surface area contributed by atoms with Crippen molar-refractivity contribution in [3.05, 3.63) is 72.7 Å². The first kappa shape index (κ1) is 16.6. The summed E-state index contributed by atoms with van der Waals surface area (Å²) in [7, 11) is 1.35. The average Bonchev–Trinajstić information content (AvgIpc) is 3.06. The number of aromatic hydroxyl groups is 1. The zero-order chi connectivity index (χ0) is 18.8. The molecule has 0 aliphatic heterocycles. The van der Waals surface area contributed by atoms with Gasteiger partial charge in [0.25, 0.3) is 0 Å². The van der Waals surface area contributed by atoms with E-state index in [2.05, 4.69) is 15.3 Å². The van der Waals surface area contributed by atoms with E-state index < -0.39 is 5.97 Å². The van der Waals surface area contributed by atoms with Crippen molar-refractivity contribution in [1.82, 2.24) is 14.4 Å². The van der Waals surface area contributed by atoms with Gasteiger partial charge >= 0.3 is 5.97 Å². The molecular weight excluding hydrogens is 344 g/mol. The molecular formula is C20H16N4O3. The molecule has 4 rings (SSSR count). The van der Waals surface area contributed by atoms with Crippen molar-refractivity contribution in [2.75, 3.05) is 12.4 Å². The van der Waals surface area contributed by atoms with Crippen molar-refractivity contribution >= 4 is 23.1 Å². The number of phenolic OH excluding ortho intramolecular Hbond substituents is 1. The molecule has 4 aromatic rings. The lowest BCUT2D eigenvalue weighted by Gasteiger charge is -2.10. The number of ether oxygens (including phenoxy) is 1. The first-order chi connectivity index (χ1) is 13.2. The summed E-state index contributed by atoms with van der Waals surface area (Å²) in [4.78, 5) is 20.5. The average molecular weight is 360 g/mol. The molecule has 7 heteroatoms. The van der Waals surface area contributed by atoms with Gasteiger partial charge in [-0.15, -0.1) is 0 Å². The molecule has 0 bridgehead atoms. The van der Waals surface area contributed by atoms with Crippen molar-refractivity contribution < 1.29 is 14.6 Å². The van der Waals surface area contributed by atoms with Crippen LogP contribution in [-0.2, 0) is 4.74 Å². The van der Waals surface area contributed by atoms with E-state index in [1.165, 1.54) is 7.11 Å². The normalized spacial score (nSPS) is 10.7. The number of nitrogens with zero attached hydrogens (tertiary/aromatic N) is 3. The summed E-state index contributed by atoms with van der Waals surface area (Å²) in [6.45, 7) is 0. The molecule has 2 aromatic carbocycles. The number of rotatable bonds is 4. The lowest BCUT2D eigenvalue weighted by atomic mass is 10.1. The second kappa shape index (κ2) is 6.80. The zero-order valence-electron chi connectivity index (χ0n) is 14.5. The fourth-order valence-corrected chi connectivity index (χ4v) is 2.86. The largest absolute Gasteiger partial charge is 0.508 e. The molecule has 7 nitrogen and oxygen atoms in total. The number of fused-ring (bicyclic) bond motifs is 1. The van der Waals surface area contributed by atoms with Crippen LogP contribution in [0.3, 0.4) is 0 Å². The van der Waals surface area contributed by atoms with Gasteiger partial charge in [-0.3, -0.25) is 9.38 Å². The Hall–Kier alpha value is -3.87. The smallest absolute Gasteiger partial charge is 0.337 e. The number of methoxy groups -OCH3 is 1. The second-order valence-corrected chi connectivity index (χ2v) is 5.86. The molecule has 0 aliphatic rings. The minimum absolute atomic E-state index is 0.154. The monoisotopic (exact) mass is 360 g/mol. The summed E-state index contributed by atoms with van der Waals surface area (Å²) < 4.78 is 6.64. The Morgan fingerprint density at radius 3 is 2.85 bits per heavy atom. The number of imidazole rings is 1.